The number of allylic oxidation sites excluding steroid dienone is 1. The van der Waals surface area contributed by atoms with Crippen molar-refractivity contribution in [3.63, 3.8) is 0 Å². The van der Waals surface area contributed by atoms with Gasteiger partial charge in [0.2, 0.25) is 0 Å². The Bertz CT molecular complexity index is 307. The largest absolute Gasteiger partial charge is 0.399 e. The first kappa shape index (κ1) is 18.5. The van der Waals surface area contributed by atoms with Crippen LogP contribution in [0.4, 0.5) is 0 Å². The van der Waals surface area contributed by atoms with E-state index in [-0.39, 0.29) is 5.96 Å². The maximum atomic E-state index is 5.66. The number of methoxy groups -OCH3 is 1. The summed E-state index contributed by atoms with van der Waals surface area (Å²) in [6, 6.07) is 0. The Labute approximate surface area is 120 Å². The van der Waals surface area contributed by atoms with Crippen molar-refractivity contribution in [2.24, 2.45) is 22.2 Å². The van der Waals surface area contributed by atoms with E-state index in [4.69, 9.17) is 31.4 Å². The van der Waals surface area contributed by atoms with E-state index in [0.29, 0.717) is 57.5 Å². The van der Waals surface area contributed by atoms with Crippen molar-refractivity contribution in [3.05, 3.63) is 11.5 Å². The number of nitrogens with one attached hydrogen (secondary N) is 1. The summed E-state index contributed by atoms with van der Waals surface area (Å²) in [4.78, 5) is 4.06. The van der Waals surface area contributed by atoms with Gasteiger partial charge in [-0.1, -0.05) is 6.92 Å². The van der Waals surface area contributed by atoms with E-state index < -0.39 is 0 Å². The van der Waals surface area contributed by atoms with Gasteiger partial charge in [-0.3, -0.25) is 4.99 Å². The van der Waals surface area contributed by atoms with Crippen LogP contribution >= 0.6 is 0 Å². The number of hydrogen-bond donors (Lipinski definition) is 4. The predicted octanol–water partition coefficient (Wildman–Crippen LogP) is -0.933. The van der Waals surface area contributed by atoms with Crippen molar-refractivity contribution in [3.8, 4) is 0 Å². The van der Waals surface area contributed by atoms with Crippen molar-refractivity contribution in [1.82, 2.24) is 5.32 Å². The molecule has 0 aromatic rings. The third-order valence-electron chi connectivity index (χ3n) is 2.31. The molecule has 20 heavy (non-hydrogen) atoms. The lowest BCUT2D eigenvalue weighted by atomic mass is 10.3. The molecule has 0 saturated heterocycles. The Hall–Kier alpha value is -1.51. The van der Waals surface area contributed by atoms with Crippen LogP contribution in [-0.2, 0) is 14.2 Å². The molecular formula is C12H27N5O3. The summed E-state index contributed by atoms with van der Waals surface area (Å²) in [5, 5.41) is 2.72. The Morgan fingerprint density at radius 1 is 1.00 bits per heavy atom. The zero-order chi connectivity index (χ0) is 15.2. The molecule has 0 radical (unpaired) electrons. The second-order valence-corrected chi connectivity index (χ2v) is 3.90. The molecule has 0 fully saturated rings. The summed E-state index contributed by atoms with van der Waals surface area (Å²) in [6.07, 6.45) is 0.651. The highest BCUT2D eigenvalue weighted by Crippen LogP contribution is 1.91. The molecule has 8 nitrogen and oxygen atoms in total. The molecule has 0 amide bonds. The van der Waals surface area contributed by atoms with Crippen LogP contribution in [0.5, 0.6) is 0 Å². The first-order chi connectivity index (χ1) is 9.61. The van der Waals surface area contributed by atoms with Crippen LogP contribution in [-0.4, -0.2) is 52.6 Å². The van der Waals surface area contributed by atoms with Gasteiger partial charge in [-0.25, -0.2) is 0 Å². The zero-order valence-electron chi connectivity index (χ0n) is 12.4. The van der Waals surface area contributed by atoms with Crippen LogP contribution in [0.1, 0.15) is 13.3 Å². The molecule has 0 spiro atoms. The Morgan fingerprint density at radius 3 is 2.20 bits per heavy atom. The topological polar surface area (TPSA) is 130 Å². The van der Waals surface area contributed by atoms with E-state index in [9.17, 15) is 0 Å². The van der Waals surface area contributed by atoms with E-state index in [1.807, 2.05) is 6.92 Å². The molecule has 0 heterocycles. The molecule has 0 saturated carbocycles. The maximum Gasteiger partial charge on any atom is 0.194 e. The lowest BCUT2D eigenvalue weighted by Crippen LogP contribution is -2.36. The standard InChI is InChI=1S/C12H27N5O3/c1-3-10(13)11(14)17-12(15)16-4-5-19-8-9-20-7-6-18-2/h3-9,13-14H2,1-2H3,(H3,15,16,17)/b11-10-. The van der Waals surface area contributed by atoms with E-state index >= 15 is 0 Å². The van der Waals surface area contributed by atoms with E-state index in [1.54, 1.807) is 7.11 Å². The van der Waals surface area contributed by atoms with Gasteiger partial charge in [0.1, 0.15) is 5.82 Å². The molecule has 8 heteroatoms. The van der Waals surface area contributed by atoms with E-state index in [1.165, 1.54) is 0 Å². The molecule has 118 valence electrons. The quantitative estimate of drug-likeness (QED) is 0.219. The summed E-state index contributed by atoms with van der Waals surface area (Å²) in [6.45, 7) is 5.00. The minimum atomic E-state index is 0.221. The molecule has 0 aromatic carbocycles. The van der Waals surface area contributed by atoms with Crippen LogP contribution in [0.2, 0.25) is 0 Å². The second kappa shape index (κ2) is 12.5. The number of nitrogens with zero attached hydrogens (tertiary/aromatic N) is 1. The van der Waals surface area contributed by atoms with Gasteiger partial charge < -0.3 is 36.7 Å². The summed E-state index contributed by atoms with van der Waals surface area (Å²) < 4.78 is 15.4. The normalized spacial score (nSPS) is 13.2. The lowest BCUT2D eigenvalue weighted by Gasteiger charge is -2.08. The van der Waals surface area contributed by atoms with Crippen LogP contribution in [0.25, 0.3) is 0 Å². The molecule has 0 aliphatic rings. The number of aliphatic imine (C=N–C) groups is 1. The van der Waals surface area contributed by atoms with Crippen LogP contribution in [0, 0.1) is 0 Å². The Balaban J connectivity index is 3.59. The van der Waals surface area contributed by atoms with Gasteiger partial charge in [-0.05, 0) is 6.42 Å². The van der Waals surface area contributed by atoms with Gasteiger partial charge in [-0.15, -0.1) is 0 Å². The number of rotatable bonds is 11. The minimum Gasteiger partial charge on any atom is -0.399 e. The number of nitrogens with two attached hydrogens (primary N) is 3. The molecular weight excluding hydrogens is 262 g/mol. The molecule has 0 unspecified atom stereocenters. The first-order valence-corrected chi connectivity index (χ1v) is 6.57. The van der Waals surface area contributed by atoms with Gasteiger partial charge in [0.05, 0.1) is 39.6 Å². The van der Waals surface area contributed by atoms with Crippen LogP contribution < -0.4 is 22.5 Å². The maximum absolute atomic E-state index is 5.66. The van der Waals surface area contributed by atoms with Crippen molar-refractivity contribution in [2.75, 3.05) is 46.7 Å². The molecule has 0 aliphatic heterocycles. The Kier molecular flexibility index (Phi) is 11.6. The average molecular weight is 289 g/mol. The number of hydrogen-bond acceptors (Lipinski definition) is 6. The molecule has 0 aliphatic carbocycles. The third-order valence-corrected chi connectivity index (χ3v) is 2.31. The molecule has 0 rings (SSSR count). The first-order valence-electron chi connectivity index (χ1n) is 6.57. The minimum absolute atomic E-state index is 0.221. The fourth-order valence-corrected chi connectivity index (χ4v) is 1.14. The average Bonchev–Trinajstić information content (AvgIpc) is 2.44. The molecule has 0 aromatic heterocycles. The second-order valence-electron chi connectivity index (χ2n) is 3.90. The summed E-state index contributed by atoms with van der Waals surface area (Å²) >= 11 is 0. The monoisotopic (exact) mass is 289 g/mol. The molecule has 0 bridgehead atoms. The fraction of sp³-hybridized carbons (Fsp3) is 0.750. The van der Waals surface area contributed by atoms with Crippen LogP contribution in [0.3, 0.4) is 0 Å². The lowest BCUT2D eigenvalue weighted by molar-refractivity contribution is 0.0268. The zero-order valence-corrected chi connectivity index (χ0v) is 12.4. The highest BCUT2D eigenvalue weighted by atomic mass is 16.5. The highest BCUT2D eigenvalue weighted by Gasteiger charge is 1.98. The van der Waals surface area contributed by atoms with Gasteiger partial charge in [0.15, 0.2) is 5.96 Å². The number of guanidine groups is 1. The third kappa shape index (κ3) is 10.4. The van der Waals surface area contributed by atoms with Gasteiger partial charge in [0, 0.05) is 12.8 Å². The van der Waals surface area contributed by atoms with Gasteiger partial charge >= 0.3 is 0 Å². The molecule has 7 N–H and O–H groups in total. The summed E-state index contributed by atoms with van der Waals surface area (Å²) in [5.74, 6) is 0.556. The highest BCUT2D eigenvalue weighted by molar-refractivity contribution is 5.79. The summed E-state index contributed by atoms with van der Waals surface area (Å²) in [7, 11) is 1.63. The van der Waals surface area contributed by atoms with E-state index in [0.717, 1.165) is 0 Å². The smallest absolute Gasteiger partial charge is 0.194 e. The van der Waals surface area contributed by atoms with Crippen molar-refractivity contribution in [2.45, 2.75) is 13.3 Å². The number of ether oxygens (including phenoxy) is 3. The van der Waals surface area contributed by atoms with Crippen molar-refractivity contribution in [1.29, 1.82) is 0 Å². The SMILES string of the molecule is CC/C(N)=C(\N)NC(N)=NCCOCCOCCOC. The van der Waals surface area contributed by atoms with Crippen molar-refractivity contribution >= 4 is 5.96 Å². The molecule has 0 atom stereocenters. The van der Waals surface area contributed by atoms with E-state index in [2.05, 4.69) is 10.3 Å². The predicted molar refractivity (Wildman–Crippen MR) is 78.8 cm³/mol. The van der Waals surface area contributed by atoms with Gasteiger partial charge in [0.25, 0.3) is 0 Å². The van der Waals surface area contributed by atoms with Gasteiger partial charge in [-0.2, -0.15) is 0 Å². The fourth-order valence-electron chi connectivity index (χ4n) is 1.14. The summed E-state index contributed by atoms with van der Waals surface area (Å²) in [5.41, 5.74) is 17.5. The van der Waals surface area contributed by atoms with Crippen LogP contribution in [0.15, 0.2) is 16.5 Å². The Morgan fingerprint density at radius 2 is 1.60 bits per heavy atom. The van der Waals surface area contributed by atoms with Crippen molar-refractivity contribution < 1.29 is 14.2 Å².